The lowest BCUT2D eigenvalue weighted by atomic mass is 10.1. The molecule has 0 saturated carbocycles. The van der Waals surface area contributed by atoms with Gasteiger partial charge in [0, 0.05) is 3.57 Å². The van der Waals surface area contributed by atoms with Crippen molar-refractivity contribution in [2.45, 2.75) is 12.5 Å². The van der Waals surface area contributed by atoms with Crippen molar-refractivity contribution in [1.82, 2.24) is 0 Å². The minimum atomic E-state index is -0.959. The Hall–Kier alpha value is -0.330. The number of carboxylic acid groups (broad SMARTS) is 1. The highest BCUT2D eigenvalue weighted by atomic mass is 127. The first kappa shape index (κ1) is 13.7. The summed E-state index contributed by atoms with van der Waals surface area (Å²) in [4.78, 5) is 10.5. The maximum absolute atomic E-state index is 10.5. The molecule has 1 rings (SSSR count). The van der Waals surface area contributed by atoms with Crippen molar-refractivity contribution in [2.24, 2.45) is 5.73 Å². The molecular formula is C9H11ClINO2. The molecule has 3 nitrogen and oxygen atoms in total. The first-order chi connectivity index (χ1) is 6.11. The topological polar surface area (TPSA) is 63.3 Å². The van der Waals surface area contributed by atoms with E-state index >= 15 is 0 Å². The summed E-state index contributed by atoms with van der Waals surface area (Å²) in [6, 6.07) is 6.81. The van der Waals surface area contributed by atoms with Gasteiger partial charge in [0.05, 0.1) is 0 Å². The van der Waals surface area contributed by atoms with Gasteiger partial charge >= 0.3 is 5.97 Å². The van der Waals surface area contributed by atoms with Crippen LogP contribution in [0, 0.1) is 3.57 Å². The van der Waals surface area contributed by atoms with Crippen LogP contribution in [0.5, 0.6) is 0 Å². The van der Waals surface area contributed by atoms with Crippen LogP contribution < -0.4 is 5.73 Å². The number of hydrogen-bond donors (Lipinski definition) is 2. The molecule has 0 aliphatic carbocycles. The number of carbonyl (C=O) groups is 1. The Labute approximate surface area is 102 Å². The van der Waals surface area contributed by atoms with E-state index in [9.17, 15) is 4.79 Å². The van der Waals surface area contributed by atoms with Crippen molar-refractivity contribution >= 4 is 41.0 Å². The minimum absolute atomic E-state index is 0. The number of nitrogens with two attached hydrogens (primary N) is 1. The van der Waals surface area contributed by atoms with E-state index in [0.717, 1.165) is 9.13 Å². The van der Waals surface area contributed by atoms with Crippen molar-refractivity contribution in [2.75, 3.05) is 0 Å². The number of benzene rings is 1. The highest BCUT2D eigenvalue weighted by Gasteiger charge is 2.12. The van der Waals surface area contributed by atoms with Crippen LogP contribution in [0.25, 0.3) is 0 Å². The Morgan fingerprint density at radius 1 is 1.50 bits per heavy atom. The Balaban J connectivity index is 0.00000169. The fourth-order valence-corrected chi connectivity index (χ4v) is 1.60. The second-order valence-corrected chi connectivity index (χ2v) is 3.90. The van der Waals surface area contributed by atoms with Gasteiger partial charge in [-0.1, -0.05) is 18.2 Å². The van der Waals surface area contributed by atoms with Crippen LogP contribution in [0.3, 0.4) is 0 Å². The maximum Gasteiger partial charge on any atom is 0.320 e. The smallest absolute Gasteiger partial charge is 0.320 e. The van der Waals surface area contributed by atoms with Gasteiger partial charge in [-0.2, -0.15) is 0 Å². The molecule has 5 heteroatoms. The zero-order valence-electron chi connectivity index (χ0n) is 7.31. The largest absolute Gasteiger partial charge is 0.480 e. The van der Waals surface area contributed by atoms with Crippen LogP contribution in [-0.2, 0) is 11.2 Å². The van der Waals surface area contributed by atoms with E-state index in [1.165, 1.54) is 0 Å². The van der Waals surface area contributed by atoms with Crippen molar-refractivity contribution in [1.29, 1.82) is 0 Å². The normalized spacial score (nSPS) is 11.6. The number of rotatable bonds is 3. The lowest BCUT2D eigenvalue weighted by Gasteiger charge is -2.07. The number of aliphatic carboxylic acids is 1. The average Bonchev–Trinajstić information content (AvgIpc) is 2.08. The summed E-state index contributed by atoms with van der Waals surface area (Å²) in [6.07, 6.45) is 0.383. The molecule has 0 unspecified atom stereocenters. The summed E-state index contributed by atoms with van der Waals surface area (Å²) in [6.45, 7) is 0. The van der Waals surface area contributed by atoms with Gasteiger partial charge < -0.3 is 10.8 Å². The first-order valence-electron chi connectivity index (χ1n) is 3.83. The summed E-state index contributed by atoms with van der Waals surface area (Å²) in [7, 11) is 0. The third-order valence-corrected chi connectivity index (χ3v) is 2.77. The van der Waals surface area contributed by atoms with Gasteiger partial charge in [-0.3, -0.25) is 4.79 Å². The van der Waals surface area contributed by atoms with Gasteiger partial charge in [-0.15, -0.1) is 12.4 Å². The predicted octanol–water partition coefficient (Wildman–Crippen LogP) is 1.67. The van der Waals surface area contributed by atoms with E-state index in [1.54, 1.807) is 0 Å². The lowest BCUT2D eigenvalue weighted by Crippen LogP contribution is -2.32. The van der Waals surface area contributed by atoms with Crippen LogP contribution in [0.2, 0.25) is 0 Å². The van der Waals surface area contributed by atoms with Crippen molar-refractivity contribution in [3.8, 4) is 0 Å². The molecule has 0 bridgehead atoms. The Bertz CT molecular complexity index is 319. The fraction of sp³-hybridized carbons (Fsp3) is 0.222. The van der Waals surface area contributed by atoms with E-state index in [4.69, 9.17) is 10.8 Å². The summed E-state index contributed by atoms with van der Waals surface area (Å²) in [5.41, 5.74) is 6.40. The standard InChI is InChI=1S/C9H10INO2.ClH/c10-7-4-2-1-3-6(7)5-8(11)9(12)13;/h1-4,8H,5,11H2,(H,12,13);1H/t8-;/m0./s1. The lowest BCUT2D eigenvalue weighted by molar-refractivity contribution is -0.138. The predicted molar refractivity (Wildman–Crippen MR) is 65.7 cm³/mol. The molecule has 0 spiro atoms. The van der Waals surface area contributed by atoms with E-state index < -0.39 is 12.0 Å². The van der Waals surface area contributed by atoms with Crippen molar-refractivity contribution < 1.29 is 9.90 Å². The van der Waals surface area contributed by atoms with Gasteiger partial charge in [-0.25, -0.2) is 0 Å². The molecule has 0 radical (unpaired) electrons. The van der Waals surface area contributed by atoms with E-state index in [0.29, 0.717) is 6.42 Å². The number of carboxylic acids is 1. The first-order valence-corrected chi connectivity index (χ1v) is 4.91. The summed E-state index contributed by atoms with van der Waals surface area (Å²) in [5.74, 6) is -0.959. The molecule has 1 aromatic carbocycles. The molecule has 0 heterocycles. The maximum atomic E-state index is 10.5. The molecule has 0 aromatic heterocycles. The second-order valence-electron chi connectivity index (χ2n) is 2.74. The monoisotopic (exact) mass is 327 g/mol. The number of hydrogen-bond acceptors (Lipinski definition) is 2. The van der Waals surface area contributed by atoms with Crippen LogP contribution in [0.15, 0.2) is 24.3 Å². The second kappa shape index (κ2) is 6.21. The molecular weight excluding hydrogens is 316 g/mol. The summed E-state index contributed by atoms with van der Waals surface area (Å²) >= 11 is 2.17. The van der Waals surface area contributed by atoms with Crippen LogP contribution in [0.4, 0.5) is 0 Å². The number of halogens is 2. The van der Waals surface area contributed by atoms with Crippen LogP contribution >= 0.6 is 35.0 Å². The van der Waals surface area contributed by atoms with E-state index in [-0.39, 0.29) is 12.4 Å². The Morgan fingerprint density at radius 2 is 2.07 bits per heavy atom. The quantitative estimate of drug-likeness (QED) is 0.830. The third-order valence-electron chi connectivity index (χ3n) is 1.71. The molecule has 14 heavy (non-hydrogen) atoms. The van der Waals surface area contributed by atoms with Crippen molar-refractivity contribution in [3.05, 3.63) is 33.4 Å². The molecule has 3 N–H and O–H groups in total. The zero-order chi connectivity index (χ0) is 9.84. The molecule has 1 atom stereocenters. The molecule has 0 fully saturated rings. The highest BCUT2D eigenvalue weighted by Crippen LogP contribution is 2.12. The van der Waals surface area contributed by atoms with Gasteiger partial charge in [0.2, 0.25) is 0 Å². The molecule has 0 amide bonds. The minimum Gasteiger partial charge on any atom is -0.480 e. The highest BCUT2D eigenvalue weighted by molar-refractivity contribution is 14.1. The van der Waals surface area contributed by atoms with Gasteiger partial charge in [0.15, 0.2) is 0 Å². The Kier molecular flexibility index (Phi) is 6.06. The SMILES string of the molecule is Cl.N[C@@H](Cc1ccccc1I)C(=O)O. The molecule has 0 aliphatic rings. The molecule has 1 aromatic rings. The molecule has 0 saturated heterocycles. The van der Waals surface area contributed by atoms with Gasteiger partial charge in [0.1, 0.15) is 6.04 Å². The van der Waals surface area contributed by atoms with Gasteiger partial charge in [0.25, 0.3) is 0 Å². The molecule has 0 aliphatic heterocycles. The summed E-state index contributed by atoms with van der Waals surface area (Å²) in [5, 5.41) is 8.61. The molecule has 78 valence electrons. The van der Waals surface area contributed by atoms with Crippen molar-refractivity contribution in [3.63, 3.8) is 0 Å². The van der Waals surface area contributed by atoms with Crippen LogP contribution in [0.1, 0.15) is 5.56 Å². The Morgan fingerprint density at radius 3 is 2.57 bits per heavy atom. The summed E-state index contributed by atoms with van der Waals surface area (Å²) < 4.78 is 1.05. The fourth-order valence-electron chi connectivity index (χ4n) is 0.988. The third kappa shape index (κ3) is 3.81. The van der Waals surface area contributed by atoms with Gasteiger partial charge in [-0.05, 0) is 40.6 Å². The van der Waals surface area contributed by atoms with E-state index in [1.807, 2.05) is 24.3 Å². The van der Waals surface area contributed by atoms with E-state index in [2.05, 4.69) is 22.6 Å². The average molecular weight is 328 g/mol. The van der Waals surface area contributed by atoms with Crippen LogP contribution in [-0.4, -0.2) is 17.1 Å². The zero-order valence-corrected chi connectivity index (χ0v) is 10.3.